The van der Waals surface area contributed by atoms with Crippen molar-refractivity contribution in [1.82, 2.24) is 4.57 Å². The average Bonchev–Trinajstić information content (AvgIpc) is 2.76. The first kappa shape index (κ1) is 21.2. The first-order valence-electron chi connectivity index (χ1n) is 9.74. The van der Waals surface area contributed by atoms with E-state index in [1.165, 1.54) is 18.3 Å². The molecule has 5 nitrogen and oxygen atoms in total. The lowest BCUT2D eigenvalue weighted by atomic mass is 10.1. The molecule has 0 saturated heterocycles. The molecule has 0 unspecified atom stereocenters. The highest BCUT2D eigenvalue weighted by molar-refractivity contribution is 7.91. The van der Waals surface area contributed by atoms with Gasteiger partial charge in [0.2, 0.25) is 15.3 Å². The van der Waals surface area contributed by atoms with Crippen LogP contribution >= 0.6 is 11.6 Å². The van der Waals surface area contributed by atoms with Crippen LogP contribution in [0.15, 0.2) is 93.6 Å². The summed E-state index contributed by atoms with van der Waals surface area (Å²) in [5.41, 5.74) is 0.942. The number of hydrogen-bond acceptors (Lipinski definition) is 4. The second-order valence-corrected chi connectivity index (χ2v) is 9.36. The second-order valence-electron chi connectivity index (χ2n) is 7.01. The van der Waals surface area contributed by atoms with E-state index in [-0.39, 0.29) is 15.2 Å². The third-order valence-corrected chi connectivity index (χ3v) is 6.91. The van der Waals surface area contributed by atoms with Crippen molar-refractivity contribution in [2.24, 2.45) is 0 Å². The lowest BCUT2D eigenvalue weighted by Crippen LogP contribution is -2.19. The van der Waals surface area contributed by atoms with Crippen molar-refractivity contribution >= 4 is 32.3 Å². The highest BCUT2D eigenvalue weighted by atomic mass is 35.5. The van der Waals surface area contributed by atoms with Gasteiger partial charge in [-0.3, -0.25) is 4.79 Å². The molecule has 0 spiro atoms. The van der Waals surface area contributed by atoms with E-state index in [0.717, 1.165) is 5.56 Å². The minimum absolute atomic E-state index is 0.0710. The van der Waals surface area contributed by atoms with Gasteiger partial charge < -0.3 is 9.30 Å². The van der Waals surface area contributed by atoms with Crippen LogP contribution in [-0.4, -0.2) is 19.6 Å². The first-order chi connectivity index (χ1) is 14.9. The van der Waals surface area contributed by atoms with Crippen LogP contribution in [0.3, 0.4) is 0 Å². The van der Waals surface area contributed by atoms with Gasteiger partial charge >= 0.3 is 0 Å². The fraction of sp³-hybridized carbons (Fsp3) is 0.125. The van der Waals surface area contributed by atoms with Crippen LogP contribution in [0.4, 0.5) is 0 Å². The second kappa shape index (κ2) is 8.57. The maximum atomic E-state index is 13.3. The predicted octanol–water partition coefficient (Wildman–Crippen LogP) is 4.93. The van der Waals surface area contributed by atoms with Gasteiger partial charge in [0.15, 0.2) is 0 Å². The maximum Gasteiger partial charge on any atom is 0.211 e. The van der Waals surface area contributed by atoms with Crippen LogP contribution in [0, 0.1) is 0 Å². The molecule has 0 aliphatic carbocycles. The SMILES string of the molecule is CCOc1ccc2c(c1)c(=O)c(S(=O)(=O)c1ccccc1)cn2Cc1cccc(Cl)c1. The summed E-state index contributed by atoms with van der Waals surface area (Å²) in [6.45, 7) is 2.63. The van der Waals surface area contributed by atoms with E-state index in [1.54, 1.807) is 47.0 Å². The Morgan fingerprint density at radius 1 is 0.968 bits per heavy atom. The molecule has 0 atom stereocenters. The quantitative estimate of drug-likeness (QED) is 0.415. The largest absolute Gasteiger partial charge is 0.494 e. The fourth-order valence-electron chi connectivity index (χ4n) is 3.49. The molecule has 0 aliphatic rings. The standard InChI is InChI=1S/C24H20ClNO4S/c1-2-30-19-11-12-22-21(14-19)24(27)23(31(28,29)20-9-4-3-5-10-20)16-26(22)15-17-7-6-8-18(25)13-17/h3-14,16H,2,15H2,1H3. The van der Waals surface area contributed by atoms with Crippen LogP contribution in [-0.2, 0) is 16.4 Å². The number of sulfone groups is 1. The third kappa shape index (κ3) is 4.22. The zero-order chi connectivity index (χ0) is 22.0. The Hall–Kier alpha value is -3.09. The van der Waals surface area contributed by atoms with Gasteiger partial charge in [-0.05, 0) is 55.0 Å². The van der Waals surface area contributed by atoms with Crippen LogP contribution < -0.4 is 10.2 Å². The number of ether oxygens (including phenoxy) is 1. The summed E-state index contributed by atoms with van der Waals surface area (Å²) < 4.78 is 33.9. The lowest BCUT2D eigenvalue weighted by Gasteiger charge is -2.15. The average molecular weight is 454 g/mol. The summed E-state index contributed by atoms with van der Waals surface area (Å²) in [4.78, 5) is 13.1. The van der Waals surface area contributed by atoms with Crippen molar-refractivity contribution < 1.29 is 13.2 Å². The Morgan fingerprint density at radius 3 is 2.45 bits per heavy atom. The topological polar surface area (TPSA) is 65.4 Å². The van der Waals surface area contributed by atoms with Crippen LogP contribution in [0.1, 0.15) is 12.5 Å². The summed E-state index contributed by atoms with van der Waals surface area (Å²) in [7, 11) is -4.01. The first-order valence-corrected chi connectivity index (χ1v) is 11.6. The summed E-state index contributed by atoms with van der Waals surface area (Å²) in [5, 5.41) is 0.864. The zero-order valence-electron chi connectivity index (χ0n) is 16.8. The van der Waals surface area contributed by atoms with E-state index >= 15 is 0 Å². The van der Waals surface area contributed by atoms with E-state index in [1.807, 2.05) is 25.1 Å². The Bertz CT molecular complexity index is 1410. The Balaban J connectivity index is 1.98. The molecule has 0 N–H and O–H groups in total. The van der Waals surface area contributed by atoms with E-state index in [2.05, 4.69) is 0 Å². The molecular formula is C24H20ClNO4S. The number of halogens is 1. The van der Waals surface area contributed by atoms with Gasteiger partial charge in [-0.25, -0.2) is 8.42 Å². The smallest absolute Gasteiger partial charge is 0.211 e. The minimum atomic E-state index is -4.01. The molecule has 4 aromatic rings. The number of nitrogens with zero attached hydrogens (tertiary/aromatic N) is 1. The van der Waals surface area contributed by atoms with Gasteiger partial charge in [0.1, 0.15) is 10.6 Å². The van der Waals surface area contributed by atoms with Crippen molar-refractivity contribution in [1.29, 1.82) is 0 Å². The van der Waals surface area contributed by atoms with Gasteiger partial charge in [-0.1, -0.05) is 41.9 Å². The van der Waals surface area contributed by atoms with E-state index < -0.39 is 15.3 Å². The van der Waals surface area contributed by atoms with Gasteiger partial charge in [-0.15, -0.1) is 0 Å². The Morgan fingerprint density at radius 2 is 1.74 bits per heavy atom. The molecule has 1 aromatic heterocycles. The molecule has 0 radical (unpaired) electrons. The van der Waals surface area contributed by atoms with Crippen LogP contribution in [0.5, 0.6) is 5.75 Å². The van der Waals surface area contributed by atoms with Gasteiger partial charge in [0, 0.05) is 17.8 Å². The molecule has 7 heteroatoms. The van der Waals surface area contributed by atoms with E-state index in [4.69, 9.17) is 16.3 Å². The number of fused-ring (bicyclic) bond motifs is 1. The van der Waals surface area contributed by atoms with Crippen LogP contribution in [0.25, 0.3) is 10.9 Å². The molecule has 1 heterocycles. The number of benzene rings is 3. The molecule has 0 bridgehead atoms. The monoisotopic (exact) mass is 453 g/mol. The highest BCUT2D eigenvalue weighted by Crippen LogP contribution is 2.25. The summed E-state index contributed by atoms with van der Waals surface area (Å²) >= 11 is 6.12. The molecule has 0 fully saturated rings. The fourth-order valence-corrected chi connectivity index (χ4v) is 5.09. The van der Waals surface area contributed by atoms with Crippen molar-refractivity contribution in [2.75, 3.05) is 6.61 Å². The maximum absolute atomic E-state index is 13.3. The van der Waals surface area contributed by atoms with Crippen molar-refractivity contribution in [3.05, 3.63) is 99.8 Å². The summed E-state index contributed by atoms with van der Waals surface area (Å²) in [6, 6.07) is 20.4. The summed E-state index contributed by atoms with van der Waals surface area (Å²) in [5.74, 6) is 0.510. The van der Waals surface area contributed by atoms with Gasteiger partial charge in [0.05, 0.1) is 22.4 Å². The van der Waals surface area contributed by atoms with Crippen molar-refractivity contribution in [3.8, 4) is 5.75 Å². The van der Waals surface area contributed by atoms with Gasteiger partial charge in [-0.2, -0.15) is 0 Å². The zero-order valence-corrected chi connectivity index (χ0v) is 18.4. The van der Waals surface area contributed by atoms with Crippen molar-refractivity contribution in [3.63, 3.8) is 0 Å². The molecule has 4 rings (SSSR count). The molecule has 158 valence electrons. The molecule has 0 amide bonds. The number of aromatic nitrogens is 1. The third-order valence-electron chi connectivity index (χ3n) is 4.91. The van der Waals surface area contributed by atoms with Gasteiger partial charge in [0.25, 0.3) is 0 Å². The number of rotatable bonds is 6. The number of pyridine rings is 1. The summed E-state index contributed by atoms with van der Waals surface area (Å²) in [6.07, 6.45) is 1.41. The van der Waals surface area contributed by atoms with E-state index in [0.29, 0.717) is 29.4 Å². The minimum Gasteiger partial charge on any atom is -0.494 e. The molecule has 0 aliphatic heterocycles. The normalized spacial score (nSPS) is 11.5. The van der Waals surface area contributed by atoms with Crippen molar-refractivity contribution in [2.45, 2.75) is 23.3 Å². The molecule has 3 aromatic carbocycles. The lowest BCUT2D eigenvalue weighted by molar-refractivity contribution is 0.340. The Labute approximate surface area is 185 Å². The predicted molar refractivity (Wildman–Crippen MR) is 122 cm³/mol. The molecule has 31 heavy (non-hydrogen) atoms. The Kier molecular flexibility index (Phi) is 5.85. The number of hydrogen-bond donors (Lipinski definition) is 0. The molecular weight excluding hydrogens is 434 g/mol. The molecule has 0 saturated carbocycles. The van der Waals surface area contributed by atoms with E-state index in [9.17, 15) is 13.2 Å². The van der Waals surface area contributed by atoms with Crippen LogP contribution in [0.2, 0.25) is 5.02 Å². The highest BCUT2D eigenvalue weighted by Gasteiger charge is 2.24.